The van der Waals surface area contributed by atoms with Crippen LogP contribution in [-0.2, 0) is 0 Å². The average molecular weight is 208 g/mol. The Bertz CT molecular complexity index is 322. The van der Waals surface area contributed by atoms with E-state index in [1.54, 1.807) is 12.4 Å². The lowest BCUT2D eigenvalue weighted by Crippen LogP contribution is -2.47. The van der Waals surface area contributed by atoms with Crippen LogP contribution in [0.3, 0.4) is 0 Å². The Labute approximate surface area is 89.1 Å². The SMILES string of the molecule is CN1CCCC(NC(=O)n2ccnc2)C1. The van der Waals surface area contributed by atoms with Crippen molar-refractivity contribution >= 4 is 6.03 Å². The van der Waals surface area contributed by atoms with Gasteiger partial charge in [0.2, 0.25) is 0 Å². The lowest BCUT2D eigenvalue weighted by Gasteiger charge is -2.30. The molecule has 1 atom stereocenters. The fraction of sp³-hybridized carbons (Fsp3) is 0.600. The summed E-state index contributed by atoms with van der Waals surface area (Å²) in [6.07, 6.45) is 6.98. The monoisotopic (exact) mass is 208 g/mol. The quantitative estimate of drug-likeness (QED) is 0.732. The van der Waals surface area contributed by atoms with Crippen LogP contribution in [0.25, 0.3) is 0 Å². The van der Waals surface area contributed by atoms with Gasteiger partial charge in [0, 0.05) is 25.0 Å². The molecule has 15 heavy (non-hydrogen) atoms. The Morgan fingerprint density at radius 2 is 2.47 bits per heavy atom. The van der Waals surface area contributed by atoms with Crippen LogP contribution in [0.1, 0.15) is 12.8 Å². The molecule has 2 heterocycles. The summed E-state index contributed by atoms with van der Waals surface area (Å²) in [6, 6.07) is 0.173. The zero-order valence-corrected chi connectivity index (χ0v) is 8.89. The molecule has 1 saturated heterocycles. The Balaban J connectivity index is 1.89. The second-order valence-corrected chi connectivity index (χ2v) is 4.02. The fourth-order valence-corrected chi connectivity index (χ4v) is 1.91. The van der Waals surface area contributed by atoms with Crippen molar-refractivity contribution in [1.82, 2.24) is 19.8 Å². The van der Waals surface area contributed by atoms with Gasteiger partial charge in [0.1, 0.15) is 6.33 Å². The number of nitrogens with zero attached hydrogens (tertiary/aromatic N) is 3. The van der Waals surface area contributed by atoms with Crippen LogP contribution in [0.4, 0.5) is 4.79 Å². The molecule has 5 nitrogen and oxygen atoms in total. The van der Waals surface area contributed by atoms with Gasteiger partial charge in [0.15, 0.2) is 0 Å². The number of hydrogen-bond donors (Lipinski definition) is 1. The first-order valence-electron chi connectivity index (χ1n) is 5.23. The molecule has 1 amide bonds. The van der Waals surface area contributed by atoms with Crippen LogP contribution in [0.5, 0.6) is 0 Å². The minimum absolute atomic E-state index is 0.0900. The Hall–Kier alpha value is -1.36. The van der Waals surface area contributed by atoms with Gasteiger partial charge in [-0.05, 0) is 26.4 Å². The van der Waals surface area contributed by atoms with Gasteiger partial charge in [0.25, 0.3) is 0 Å². The minimum Gasteiger partial charge on any atom is -0.333 e. The lowest BCUT2D eigenvalue weighted by atomic mass is 10.1. The van der Waals surface area contributed by atoms with Gasteiger partial charge in [0.05, 0.1) is 0 Å². The first-order chi connectivity index (χ1) is 7.25. The van der Waals surface area contributed by atoms with Gasteiger partial charge in [-0.3, -0.25) is 4.57 Å². The van der Waals surface area contributed by atoms with Crippen molar-refractivity contribution < 1.29 is 4.79 Å². The highest BCUT2D eigenvalue weighted by atomic mass is 16.2. The van der Waals surface area contributed by atoms with Crippen LogP contribution in [0, 0.1) is 0 Å². The molecule has 1 aliphatic heterocycles. The van der Waals surface area contributed by atoms with Crippen molar-refractivity contribution in [3.8, 4) is 0 Å². The molecule has 0 bridgehead atoms. The zero-order chi connectivity index (χ0) is 10.7. The first kappa shape index (κ1) is 10.2. The molecule has 5 heteroatoms. The zero-order valence-electron chi connectivity index (χ0n) is 8.89. The maximum Gasteiger partial charge on any atom is 0.327 e. The largest absolute Gasteiger partial charge is 0.333 e. The third-order valence-corrected chi connectivity index (χ3v) is 2.69. The molecule has 0 spiro atoms. The summed E-state index contributed by atoms with van der Waals surface area (Å²) in [6.45, 7) is 2.05. The van der Waals surface area contributed by atoms with Crippen LogP contribution in [-0.4, -0.2) is 46.7 Å². The Kier molecular flexibility index (Phi) is 3.01. The number of piperidine rings is 1. The number of likely N-dealkylation sites (tertiary alicyclic amines) is 1. The standard InChI is InChI=1S/C10H16N4O/c1-13-5-2-3-9(7-13)12-10(15)14-6-4-11-8-14/h4,6,8-9H,2-3,5,7H2,1H3,(H,12,15). The highest BCUT2D eigenvalue weighted by Gasteiger charge is 2.19. The molecule has 2 rings (SSSR count). The van der Waals surface area contributed by atoms with Crippen molar-refractivity contribution in [3.05, 3.63) is 18.7 Å². The molecule has 0 aromatic carbocycles. The third-order valence-electron chi connectivity index (χ3n) is 2.69. The number of imidazole rings is 1. The van der Waals surface area contributed by atoms with Crippen LogP contribution < -0.4 is 5.32 Å². The molecule has 0 radical (unpaired) electrons. The summed E-state index contributed by atoms with van der Waals surface area (Å²) in [7, 11) is 2.08. The highest BCUT2D eigenvalue weighted by Crippen LogP contribution is 2.07. The number of hydrogen-bond acceptors (Lipinski definition) is 3. The van der Waals surface area contributed by atoms with E-state index in [4.69, 9.17) is 0 Å². The van der Waals surface area contributed by atoms with E-state index in [9.17, 15) is 4.79 Å². The van der Waals surface area contributed by atoms with Gasteiger partial charge < -0.3 is 10.2 Å². The Morgan fingerprint density at radius 1 is 1.60 bits per heavy atom. The summed E-state index contributed by atoms with van der Waals surface area (Å²) in [4.78, 5) is 17.8. The molecule has 0 aliphatic carbocycles. The molecule has 1 unspecified atom stereocenters. The van der Waals surface area contributed by atoms with E-state index in [-0.39, 0.29) is 12.1 Å². The van der Waals surface area contributed by atoms with Gasteiger partial charge in [-0.25, -0.2) is 9.78 Å². The summed E-state index contributed by atoms with van der Waals surface area (Å²) in [5.41, 5.74) is 0. The van der Waals surface area contributed by atoms with Crippen molar-refractivity contribution in [2.24, 2.45) is 0 Å². The molecule has 1 aliphatic rings. The van der Waals surface area contributed by atoms with E-state index in [0.717, 1.165) is 25.9 Å². The highest BCUT2D eigenvalue weighted by molar-refractivity contribution is 5.76. The smallest absolute Gasteiger partial charge is 0.327 e. The average Bonchev–Trinajstić information content (AvgIpc) is 2.70. The maximum absolute atomic E-state index is 11.7. The van der Waals surface area contributed by atoms with E-state index < -0.39 is 0 Å². The van der Waals surface area contributed by atoms with Crippen molar-refractivity contribution in [3.63, 3.8) is 0 Å². The van der Waals surface area contributed by atoms with Crippen molar-refractivity contribution in [2.75, 3.05) is 20.1 Å². The minimum atomic E-state index is -0.0900. The maximum atomic E-state index is 11.7. The molecule has 1 fully saturated rings. The molecule has 1 aromatic heterocycles. The van der Waals surface area contributed by atoms with Gasteiger partial charge in [-0.15, -0.1) is 0 Å². The van der Waals surface area contributed by atoms with Gasteiger partial charge >= 0.3 is 6.03 Å². The first-order valence-corrected chi connectivity index (χ1v) is 5.23. The van der Waals surface area contributed by atoms with E-state index in [1.165, 1.54) is 10.9 Å². The Morgan fingerprint density at radius 3 is 3.13 bits per heavy atom. The van der Waals surface area contributed by atoms with Crippen molar-refractivity contribution in [1.29, 1.82) is 0 Å². The van der Waals surface area contributed by atoms with Crippen LogP contribution >= 0.6 is 0 Å². The van der Waals surface area contributed by atoms with E-state index in [2.05, 4.69) is 22.2 Å². The topological polar surface area (TPSA) is 50.2 Å². The lowest BCUT2D eigenvalue weighted by molar-refractivity contribution is 0.210. The molecule has 0 saturated carbocycles. The number of carbonyl (C=O) groups is 1. The normalized spacial score (nSPS) is 22.6. The predicted octanol–water partition coefficient (Wildman–Crippen LogP) is 0.535. The molecule has 1 N–H and O–H groups in total. The van der Waals surface area contributed by atoms with E-state index in [0.29, 0.717) is 0 Å². The second kappa shape index (κ2) is 4.44. The van der Waals surface area contributed by atoms with Crippen LogP contribution in [0.15, 0.2) is 18.7 Å². The number of rotatable bonds is 1. The van der Waals surface area contributed by atoms with Gasteiger partial charge in [-0.1, -0.05) is 0 Å². The number of amides is 1. The fourth-order valence-electron chi connectivity index (χ4n) is 1.91. The van der Waals surface area contributed by atoms with Gasteiger partial charge in [-0.2, -0.15) is 0 Å². The molecule has 82 valence electrons. The molecular formula is C10H16N4O. The van der Waals surface area contributed by atoms with E-state index >= 15 is 0 Å². The summed E-state index contributed by atoms with van der Waals surface area (Å²) in [5, 5.41) is 2.99. The predicted molar refractivity (Wildman–Crippen MR) is 56.7 cm³/mol. The summed E-state index contributed by atoms with van der Waals surface area (Å²) in [5.74, 6) is 0. The molecular weight excluding hydrogens is 192 g/mol. The number of aromatic nitrogens is 2. The number of carbonyl (C=O) groups excluding carboxylic acids is 1. The summed E-state index contributed by atoms with van der Waals surface area (Å²) >= 11 is 0. The van der Waals surface area contributed by atoms with Crippen molar-refractivity contribution in [2.45, 2.75) is 18.9 Å². The second-order valence-electron chi connectivity index (χ2n) is 4.02. The van der Waals surface area contributed by atoms with Crippen LogP contribution in [0.2, 0.25) is 0 Å². The van der Waals surface area contributed by atoms with E-state index in [1.807, 2.05) is 0 Å². The molecule has 1 aromatic rings. The number of likely N-dealkylation sites (N-methyl/N-ethyl adjacent to an activating group) is 1. The third kappa shape index (κ3) is 2.56. The number of nitrogens with one attached hydrogen (secondary N) is 1. The summed E-state index contributed by atoms with van der Waals surface area (Å²) < 4.78 is 1.47.